The van der Waals surface area contributed by atoms with Crippen molar-refractivity contribution in [1.29, 1.82) is 0 Å². The molecule has 0 saturated carbocycles. The summed E-state index contributed by atoms with van der Waals surface area (Å²) in [6, 6.07) is 24.4. The van der Waals surface area contributed by atoms with Crippen LogP contribution in [0.2, 0.25) is 0 Å². The van der Waals surface area contributed by atoms with E-state index in [1.54, 1.807) is 42.5 Å². The van der Waals surface area contributed by atoms with Crippen molar-refractivity contribution in [2.75, 3.05) is 11.3 Å². The van der Waals surface area contributed by atoms with E-state index in [0.717, 1.165) is 30.7 Å². The van der Waals surface area contributed by atoms with E-state index in [-0.39, 0.29) is 17.0 Å². The first-order valence-corrected chi connectivity index (χ1v) is 11.7. The molecule has 0 saturated heterocycles. The fourth-order valence-electron chi connectivity index (χ4n) is 3.61. The summed E-state index contributed by atoms with van der Waals surface area (Å²) in [7, 11) is -3.62. The molecule has 5 nitrogen and oxygen atoms in total. The van der Waals surface area contributed by atoms with Crippen LogP contribution in [0, 0.1) is 0 Å². The van der Waals surface area contributed by atoms with Crippen LogP contribution in [0.15, 0.2) is 83.8 Å². The molecule has 0 spiro atoms. The quantitative estimate of drug-likeness (QED) is 0.587. The average Bonchev–Trinajstić information content (AvgIpc) is 2.78. The van der Waals surface area contributed by atoms with Gasteiger partial charge in [-0.15, -0.1) is 0 Å². The largest absolute Gasteiger partial charge is 0.489 e. The number of rotatable bonds is 7. The lowest BCUT2D eigenvalue weighted by Gasteiger charge is -2.28. The van der Waals surface area contributed by atoms with Crippen LogP contribution in [0.3, 0.4) is 0 Å². The number of nitrogens with one attached hydrogen (secondary N) is 2. The maximum Gasteiger partial charge on any atom is 0.261 e. The number of fused-ring (bicyclic) bond motifs is 1. The van der Waals surface area contributed by atoms with Crippen molar-refractivity contribution in [3.63, 3.8) is 0 Å². The van der Waals surface area contributed by atoms with Crippen molar-refractivity contribution in [3.05, 3.63) is 90.0 Å². The van der Waals surface area contributed by atoms with E-state index in [4.69, 9.17) is 4.74 Å². The molecule has 0 unspecified atom stereocenters. The number of hydrogen-bond acceptors (Lipinski definition) is 4. The van der Waals surface area contributed by atoms with E-state index in [1.165, 1.54) is 5.56 Å². The normalized spacial score (nSPS) is 16.9. The second kappa shape index (κ2) is 8.90. The highest BCUT2D eigenvalue weighted by molar-refractivity contribution is 7.92. The van der Waals surface area contributed by atoms with Crippen LogP contribution in [0.4, 0.5) is 5.69 Å². The number of sulfonamides is 1. The van der Waals surface area contributed by atoms with E-state index in [1.807, 2.05) is 24.3 Å². The number of hydrogen-bond donors (Lipinski definition) is 2. The van der Waals surface area contributed by atoms with E-state index in [9.17, 15) is 8.42 Å². The van der Waals surface area contributed by atoms with Gasteiger partial charge in [0.15, 0.2) is 0 Å². The molecule has 0 amide bonds. The molecule has 0 fully saturated rings. The Labute approximate surface area is 178 Å². The van der Waals surface area contributed by atoms with Gasteiger partial charge in [0.25, 0.3) is 10.0 Å². The second-order valence-electron chi connectivity index (χ2n) is 7.56. The van der Waals surface area contributed by atoms with Gasteiger partial charge in [-0.25, -0.2) is 8.42 Å². The van der Waals surface area contributed by atoms with Crippen molar-refractivity contribution in [3.8, 4) is 5.75 Å². The molecule has 0 radical (unpaired) electrons. The summed E-state index contributed by atoms with van der Waals surface area (Å²) < 4.78 is 34.0. The Kier molecular flexibility index (Phi) is 6.06. The number of benzene rings is 3. The van der Waals surface area contributed by atoms with Crippen LogP contribution in [-0.4, -0.2) is 21.1 Å². The van der Waals surface area contributed by atoms with Crippen molar-refractivity contribution < 1.29 is 13.2 Å². The Bertz CT molecular complexity index is 1090. The molecule has 0 aliphatic carbocycles. The molecule has 0 bridgehead atoms. The van der Waals surface area contributed by atoms with Gasteiger partial charge in [-0.2, -0.15) is 0 Å². The summed E-state index contributed by atoms with van der Waals surface area (Å²) in [4.78, 5) is 0.237. The van der Waals surface area contributed by atoms with Crippen LogP contribution in [0.25, 0.3) is 0 Å². The van der Waals surface area contributed by atoms with Crippen molar-refractivity contribution in [1.82, 2.24) is 5.32 Å². The van der Waals surface area contributed by atoms with Gasteiger partial charge in [-0.1, -0.05) is 54.6 Å². The highest BCUT2D eigenvalue weighted by Gasteiger charge is 2.22. The van der Waals surface area contributed by atoms with Gasteiger partial charge in [-0.3, -0.25) is 4.72 Å². The minimum atomic E-state index is -3.62. The fraction of sp³-hybridized carbons (Fsp3) is 0.250. The maximum absolute atomic E-state index is 12.6. The van der Waals surface area contributed by atoms with Gasteiger partial charge in [0.1, 0.15) is 11.9 Å². The van der Waals surface area contributed by atoms with Crippen molar-refractivity contribution >= 4 is 15.7 Å². The van der Waals surface area contributed by atoms with Crippen molar-refractivity contribution in [2.24, 2.45) is 0 Å². The number of ether oxygens (including phenoxy) is 1. The lowest BCUT2D eigenvalue weighted by Crippen LogP contribution is -2.35. The van der Waals surface area contributed by atoms with Crippen LogP contribution < -0.4 is 14.8 Å². The number of aryl methyl sites for hydroxylation is 1. The average molecular weight is 423 g/mol. The molecule has 1 aliphatic heterocycles. The Morgan fingerprint density at radius 1 is 1.00 bits per heavy atom. The van der Waals surface area contributed by atoms with Gasteiger partial charge in [-0.05, 0) is 49.1 Å². The fourth-order valence-corrected chi connectivity index (χ4v) is 4.69. The SMILES string of the molecule is C[C@@H](NC[C@@H]1CCc2ccc(NS(=O)(=O)c3ccccc3)cc2O1)c1ccccc1. The molecule has 1 aliphatic rings. The Balaban J connectivity index is 1.41. The van der Waals surface area contributed by atoms with E-state index < -0.39 is 10.0 Å². The molecule has 3 aromatic rings. The van der Waals surface area contributed by atoms with Gasteiger partial charge >= 0.3 is 0 Å². The minimum Gasteiger partial charge on any atom is -0.489 e. The van der Waals surface area contributed by atoms with Crippen LogP contribution in [0.5, 0.6) is 5.75 Å². The molecule has 30 heavy (non-hydrogen) atoms. The second-order valence-corrected chi connectivity index (χ2v) is 9.24. The molecular formula is C24H26N2O3S. The molecule has 4 rings (SSSR count). The van der Waals surface area contributed by atoms with Crippen LogP contribution in [-0.2, 0) is 16.4 Å². The lowest BCUT2D eigenvalue weighted by atomic mass is 10.0. The smallest absolute Gasteiger partial charge is 0.261 e. The first kappa shape index (κ1) is 20.4. The van der Waals surface area contributed by atoms with Crippen molar-refractivity contribution in [2.45, 2.75) is 36.8 Å². The Morgan fingerprint density at radius 2 is 1.70 bits per heavy atom. The third-order valence-electron chi connectivity index (χ3n) is 5.35. The lowest BCUT2D eigenvalue weighted by molar-refractivity contribution is 0.167. The molecular weight excluding hydrogens is 396 g/mol. The van der Waals surface area contributed by atoms with Gasteiger partial charge in [0.2, 0.25) is 0 Å². The molecule has 6 heteroatoms. The first-order chi connectivity index (χ1) is 14.5. The van der Waals surface area contributed by atoms with Gasteiger partial charge < -0.3 is 10.1 Å². The monoisotopic (exact) mass is 422 g/mol. The summed E-state index contributed by atoms with van der Waals surface area (Å²) in [5.41, 5.74) is 2.85. The zero-order valence-electron chi connectivity index (χ0n) is 16.9. The van der Waals surface area contributed by atoms with E-state index in [2.05, 4.69) is 29.1 Å². The molecule has 156 valence electrons. The summed E-state index contributed by atoms with van der Waals surface area (Å²) in [5, 5.41) is 3.54. The predicted molar refractivity (Wildman–Crippen MR) is 119 cm³/mol. The summed E-state index contributed by atoms with van der Waals surface area (Å²) in [6.45, 7) is 2.87. The zero-order chi connectivity index (χ0) is 21.0. The molecule has 3 aromatic carbocycles. The standard InChI is InChI=1S/C24H26N2O3S/c1-18(19-8-4-2-5-9-19)25-17-22-15-13-20-12-14-21(16-24(20)29-22)26-30(27,28)23-10-6-3-7-11-23/h2-12,14,16,18,22,25-26H,13,15,17H2,1H3/t18-,22+/m1/s1. The molecule has 0 aromatic heterocycles. The summed E-state index contributed by atoms with van der Waals surface area (Å²) in [5.74, 6) is 0.744. The first-order valence-electron chi connectivity index (χ1n) is 10.2. The van der Waals surface area contributed by atoms with Crippen LogP contribution in [0.1, 0.15) is 30.5 Å². The van der Waals surface area contributed by atoms with E-state index in [0.29, 0.717) is 5.69 Å². The van der Waals surface area contributed by atoms with E-state index >= 15 is 0 Å². The Hall–Kier alpha value is -2.83. The third-order valence-corrected chi connectivity index (χ3v) is 6.75. The molecule has 1 heterocycles. The highest BCUT2D eigenvalue weighted by atomic mass is 32.2. The van der Waals surface area contributed by atoms with Gasteiger partial charge in [0.05, 0.1) is 10.6 Å². The summed E-state index contributed by atoms with van der Waals surface area (Å²) in [6.07, 6.45) is 1.88. The predicted octanol–water partition coefficient (Wildman–Crippen LogP) is 4.53. The molecule has 2 atom stereocenters. The zero-order valence-corrected chi connectivity index (χ0v) is 17.7. The minimum absolute atomic E-state index is 0.0460. The van der Waals surface area contributed by atoms with Gasteiger partial charge in [0, 0.05) is 18.7 Å². The van der Waals surface area contributed by atoms with Crippen LogP contribution >= 0.6 is 0 Å². The topological polar surface area (TPSA) is 67.4 Å². The maximum atomic E-state index is 12.6. The molecule has 2 N–H and O–H groups in total. The summed E-state index contributed by atoms with van der Waals surface area (Å²) >= 11 is 0. The third kappa shape index (κ3) is 4.83. The Morgan fingerprint density at radius 3 is 2.43 bits per heavy atom. The highest BCUT2D eigenvalue weighted by Crippen LogP contribution is 2.31. The number of anilines is 1.